The summed E-state index contributed by atoms with van der Waals surface area (Å²) >= 11 is 5.88. The van der Waals surface area contributed by atoms with Crippen molar-refractivity contribution in [2.24, 2.45) is 0 Å². The minimum atomic E-state index is -0.717. The average molecular weight is 408 g/mol. The van der Waals surface area contributed by atoms with Crippen molar-refractivity contribution in [2.45, 2.75) is 13.0 Å². The zero-order chi connectivity index (χ0) is 20.8. The van der Waals surface area contributed by atoms with Gasteiger partial charge in [0.15, 0.2) is 6.10 Å². The lowest BCUT2D eigenvalue weighted by Gasteiger charge is -2.21. The lowest BCUT2D eigenvalue weighted by Crippen LogP contribution is -2.38. The fourth-order valence-electron chi connectivity index (χ4n) is 2.54. The Balaban J connectivity index is 1.61. The molecule has 7 heteroatoms. The third-order valence-electron chi connectivity index (χ3n) is 4.08. The van der Waals surface area contributed by atoms with E-state index in [0.29, 0.717) is 33.8 Å². The van der Waals surface area contributed by atoms with E-state index < -0.39 is 6.10 Å². The predicted octanol–water partition coefficient (Wildman–Crippen LogP) is 4.83. The molecule has 0 bridgehead atoms. The van der Waals surface area contributed by atoms with E-state index in [1.165, 1.54) is 4.90 Å². The first-order chi connectivity index (χ1) is 14.0. The number of amides is 1. The van der Waals surface area contributed by atoms with Crippen molar-refractivity contribution in [1.29, 1.82) is 5.26 Å². The summed E-state index contributed by atoms with van der Waals surface area (Å²) < 4.78 is 11.5. The van der Waals surface area contributed by atoms with Crippen LogP contribution in [0.4, 0.5) is 5.82 Å². The summed E-state index contributed by atoms with van der Waals surface area (Å²) in [6, 6.07) is 20.9. The van der Waals surface area contributed by atoms with Crippen LogP contribution in [0.15, 0.2) is 66.7 Å². The number of pyridine rings is 1. The van der Waals surface area contributed by atoms with Gasteiger partial charge in [-0.25, -0.2) is 4.98 Å². The number of likely N-dealkylation sites (N-methyl/N-ethyl adjacent to an activating group) is 1. The van der Waals surface area contributed by atoms with Crippen LogP contribution in [0.3, 0.4) is 0 Å². The van der Waals surface area contributed by atoms with Crippen LogP contribution >= 0.6 is 11.6 Å². The number of carbonyl (C=O) groups is 1. The van der Waals surface area contributed by atoms with Crippen molar-refractivity contribution in [3.63, 3.8) is 0 Å². The SMILES string of the molecule is CC(Oc1ccc(Oc2ccc(C#N)cc2)cc1)C(=O)N(C)c1cccc(Cl)n1. The van der Waals surface area contributed by atoms with E-state index in [4.69, 9.17) is 26.3 Å². The van der Waals surface area contributed by atoms with Crippen LogP contribution in [-0.2, 0) is 4.79 Å². The van der Waals surface area contributed by atoms with Gasteiger partial charge in [-0.05, 0) is 67.6 Å². The number of hydrogen-bond acceptors (Lipinski definition) is 5. The summed E-state index contributed by atoms with van der Waals surface area (Å²) in [5.74, 6) is 1.96. The highest BCUT2D eigenvalue weighted by molar-refractivity contribution is 6.29. The second kappa shape index (κ2) is 9.09. The van der Waals surface area contributed by atoms with Gasteiger partial charge in [0, 0.05) is 7.05 Å². The molecule has 0 N–H and O–H groups in total. The van der Waals surface area contributed by atoms with Crippen molar-refractivity contribution in [1.82, 2.24) is 4.98 Å². The van der Waals surface area contributed by atoms with Gasteiger partial charge in [0.05, 0.1) is 11.6 Å². The molecule has 146 valence electrons. The highest BCUT2D eigenvalue weighted by Crippen LogP contribution is 2.25. The molecule has 0 spiro atoms. The monoisotopic (exact) mass is 407 g/mol. The molecule has 0 fully saturated rings. The molecule has 0 radical (unpaired) electrons. The molecule has 3 aromatic rings. The molecule has 2 aromatic carbocycles. The predicted molar refractivity (Wildman–Crippen MR) is 110 cm³/mol. The molecule has 29 heavy (non-hydrogen) atoms. The first-order valence-electron chi connectivity index (χ1n) is 8.81. The number of nitriles is 1. The molecule has 0 aliphatic carbocycles. The largest absolute Gasteiger partial charge is 0.481 e. The normalized spacial score (nSPS) is 11.2. The van der Waals surface area contributed by atoms with Gasteiger partial charge in [-0.3, -0.25) is 9.69 Å². The molecule has 1 amide bonds. The fraction of sp³-hybridized carbons (Fsp3) is 0.136. The Hall–Kier alpha value is -3.56. The summed E-state index contributed by atoms with van der Waals surface area (Å²) in [5, 5.41) is 9.14. The number of carbonyl (C=O) groups excluding carboxylic acids is 1. The lowest BCUT2D eigenvalue weighted by atomic mass is 10.2. The fourth-order valence-corrected chi connectivity index (χ4v) is 2.70. The average Bonchev–Trinajstić information content (AvgIpc) is 2.74. The number of aromatic nitrogens is 1. The van der Waals surface area contributed by atoms with Crippen molar-refractivity contribution in [2.75, 3.05) is 11.9 Å². The van der Waals surface area contributed by atoms with Gasteiger partial charge in [0.2, 0.25) is 0 Å². The Kier molecular flexibility index (Phi) is 6.32. The van der Waals surface area contributed by atoms with E-state index in [1.807, 2.05) is 0 Å². The van der Waals surface area contributed by atoms with Crippen LogP contribution in [0.25, 0.3) is 0 Å². The minimum absolute atomic E-state index is 0.252. The van der Waals surface area contributed by atoms with Crippen molar-refractivity contribution >= 4 is 23.3 Å². The quantitative estimate of drug-likeness (QED) is 0.547. The summed E-state index contributed by atoms with van der Waals surface area (Å²) in [4.78, 5) is 18.1. The first-order valence-corrected chi connectivity index (χ1v) is 9.19. The number of nitrogens with zero attached hydrogens (tertiary/aromatic N) is 3. The molecule has 1 heterocycles. The van der Waals surface area contributed by atoms with Gasteiger partial charge in [0.1, 0.15) is 28.2 Å². The summed E-state index contributed by atoms with van der Waals surface area (Å²) in [7, 11) is 1.62. The van der Waals surface area contributed by atoms with Gasteiger partial charge in [0.25, 0.3) is 5.91 Å². The molecular formula is C22H18ClN3O3. The smallest absolute Gasteiger partial charge is 0.268 e. The topological polar surface area (TPSA) is 75.5 Å². The zero-order valence-electron chi connectivity index (χ0n) is 15.9. The van der Waals surface area contributed by atoms with Gasteiger partial charge in [-0.2, -0.15) is 5.26 Å². The molecule has 3 rings (SSSR count). The Morgan fingerprint density at radius 3 is 2.21 bits per heavy atom. The van der Waals surface area contributed by atoms with E-state index in [9.17, 15) is 4.79 Å². The van der Waals surface area contributed by atoms with Crippen LogP contribution in [-0.4, -0.2) is 24.0 Å². The maximum atomic E-state index is 12.6. The zero-order valence-corrected chi connectivity index (χ0v) is 16.6. The minimum Gasteiger partial charge on any atom is -0.481 e. The Morgan fingerprint density at radius 1 is 1.03 bits per heavy atom. The second-order valence-electron chi connectivity index (χ2n) is 6.19. The number of rotatable bonds is 6. The molecule has 1 unspecified atom stereocenters. The van der Waals surface area contributed by atoms with Crippen LogP contribution in [0.1, 0.15) is 12.5 Å². The van der Waals surface area contributed by atoms with Crippen molar-refractivity contribution in [3.8, 4) is 23.3 Å². The Morgan fingerprint density at radius 2 is 1.62 bits per heavy atom. The van der Waals surface area contributed by atoms with E-state index >= 15 is 0 Å². The van der Waals surface area contributed by atoms with Gasteiger partial charge < -0.3 is 9.47 Å². The van der Waals surface area contributed by atoms with E-state index in [1.54, 1.807) is 80.7 Å². The maximum absolute atomic E-state index is 12.6. The van der Waals surface area contributed by atoms with Gasteiger partial charge >= 0.3 is 0 Å². The molecule has 0 aliphatic heterocycles. The van der Waals surface area contributed by atoms with Gasteiger partial charge in [-0.1, -0.05) is 17.7 Å². The first kappa shape index (κ1) is 20.2. The highest BCUT2D eigenvalue weighted by atomic mass is 35.5. The number of benzene rings is 2. The Labute approximate surface area is 173 Å². The highest BCUT2D eigenvalue weighted by Gasteiger charge is 2.21. The van der Waals surface area contributed by atoms with Crippen LogP contribution in [0.5, 0.6) is 17.2 Å². The van der Waals surface area contributed by atoms with Crippen molar-refractivity contribution in [3.05, 3.63) is 77.4 Å². The van der Waals surface area contributed by atoms with E-state index in [-0.39, 0.29) is 5.91 Å². The molecule has 1 aromatic heterocycles. The van der Waals surface area contributed by atoms with Crippen LogP contribution < -0.4 is 14.4 Å². The summed E-state index contributed by atoms with van der Waals surface area (Å²) in [6.45, 7) is 1.67. The molecule has 0 saturated carbocycles. The van der Waals surface area contributed by atoms with Crippen molar-refractivity contribution < 1.29 is 14.3 Å². The molecule has 0 saturated heterocycles. The Bertz CT molecular complexity index is 1030. The number of ether oxygens (including phenoxy) is 2. The molecule has 6 nitrogen and oxygen atoms in total. The molecular weight excluding hydrogens is 390 g/mol. The lowest BCUT2D eigenvalue weighted by molar-refractivity contribution is -0.124. The van der Waals surface area contributed by atoms with E-state index in [2.05, 4.69) is 11.1 Å². The van der Waals surface area contributed by atoms with Crippen LogP contribution in [0, 0.1) is 11.3 Å². The molecule has 0 aliphatic rings. The van der Waals surface area contributed by atoms with Gasteiger partial charge in [-0.15, -0.1) is 0 Å². The standard InChI is InChI=1S/C22H18ClN3O3/c1-15(22(27)26(2)21-5-3-4-20(23)25-21)28-17-10-12-19(13-11-17)29-18-8-6-16(14-24)7-9-18/h3-13,15H,1-2H3. The van der Waals surface area contributed by atoms with E-state index in [0.717, 1.165) is 0 Å². The second-order valence-corrected chi connectivity index (χ2v) is 6.57. The third-order valence-corrected chi connectivity index (χ3v) is 4.29. The van der Waals surface area contributed by atoms with Crippen LogP contribution in [0.2, 0.25) is 5.15 Å². The molecule has 1 atom stereocenters. The number of halogens is 1. The third kappa shape index (κ3) is 5.24. The maximum Gasteiger partial charge on any atom is 0.268 e. The number of hydrogen-bond donors (Lipinski definition) is 0. The summed E-state index contributed by atoms with van der Waals surface area (Å²) in [5.41, 5.74) is 0.567. The number of anilines is 1. The summed E-state index contributed by atoms with van der Waals surface area (Å²) in [6.07, 6.45) is -0.717.